The number of rotatable bonds is 3. The van der Waals surface area contributed by atoms with Gasteiger partial charge < -0.3 is 5.73 Å². The zero-order chi connectivity index (χ0) is 11.7. The predicted octanol–water partition coefficient (Wildman–Crippen LogP) is 1.65. The van der Waals surface area contributed by atoms with Crippen LogP contribution in [0.15, 0.2) is 6.20 Å². The van der Waals surface area contributed by atoms with Crippen molar-refractivity contribution >= 4 is 5.82 Å². The summed E-state index contributed by atoms with van der Waals surface area (Å²) in [6, 6.07) is 0. The number of nitrogen functional groups attached to an aromatic ring is 1. The topological polar surface area (TPSA) is 72.5 Å². The molecule has 0 saturated carbocycles. The van der Waals surface area contributed by atoms with Gasteiger partial charge in [-0.25, -0.2) is 0 Å². The van der Waals surface area contributed by atoms with Gasteiger partial charge in [-0.1, -0.05) is 13.3 Å². The van der Waals surface area contributed by atoms with Crippen molar-refractivity contribution in [3.05, 3.63) is 17.5 Å². The van der Waals surface area contributed by atoms with Crippen LogP contribution in [-0.2, 0) is 13.5 Å². The Kier molecular flexibility index (Phi) is 2.68. The number of anilines is 1. The Bertz CT molecular complexity index is 494. The average Bonchev–Trinajstić information content (AvgIpc) is 2.73. The normalized spacial score (nSPS) is 10.9. The van der Waals surface area contributed by atoms with E-state index in [2.05, 4.69) is 22.2 Å². The molecule has 86 valence electrons. The molecule has 0 amide bonds. The molecule has 5 heteroatoms. The maximum absolute atomic E-state index is 5.85. The fourth-order valence-corrected chi connectivity index (χ4v) is 1.95. The van der Waals surface area contributed by atoms with Crippen molar-refractivity contribution in [3.63, 3.8) is 0 Å². The Balaban J connectivity index is 2.51. The highest BCUT2D eigenvalue weighted by Gasteiger charge is 2.15. The minimum atomic E-state index is 0.597. The van der Waals surface area contributed by atoms with Gasteiger partial charge in [-0.15, -0.1) is 0 Å². The smallest absolute Gasteiger partial charge is 0.149 e. The molecule has 16 heavy (non-hydrogen) atoms. The van der Waals surface area contributed by atoms with Crippen molar-refractivity contribution in [2.24, 2.45) is 7.05 Å². The molecule has 5 nitrogen and oxygen atoms in total. The molecule has 0 aliphatic heterocycles. The molecule has 2 heterocycles. The molecule has 0 spiro atoms. The molecule has 0 saturated heterocycles. The number of hydrogen-bond donors (Lipinski definition) is 2. The molecule has 0 unspecified atom stereocenters. The van der Waals surface area contributed by atoms with Gasteiger partial charge in [-0.2, -0.15) is 10.2 Å². The average molecular weight is 219 g/mol. The third-order valence-corrected chi connectivity index (χ3v) is 2.68. The zero-order valence-electron chi connectivity index (χ0n) is 9.91. The third kappa shape index (κ3) is 1.68. The molecular weight excluding hydrogens is 202 g/mol. The molecule has 0 fully saturated rings. The molecule has 0 atom stereocenters. The SMILES string of the molecule is CCCc1c(N)n[nH]c1-c1cn(C)nc1C. The summed E-state index contributed by atoms with van der Waals surface area (Å²) in [7, 11) is 1.91. The number of nitrogens with two attached hydrogens (primary N) is 1. The van der Waals surface area contributed by atoms with E-state index in [0.29, 0.717) is 5.82 Å². The Hall–Kier alpha value is -1.78. The lowest BCUT2D eigenvalue weighted by Gasteiger charge is -2.00. The van der Waals surface area contributed by atoms with E-state index < -0.39 is 0 Å². The molecule has 0 aromatic carbocycles. The van der Waals surface area contributed by atoms with E-state index in [-0.39, 0.29) is 0 Å². The summed E-state index contributed by atoms with van der Waals surface area (Å²) in [5, 5.41) is 11.4. The first-order chi connectivity index (χ1) is 7.63. The van der Waals surface area contributed by atoms with Gasteiger partial charge in [0.05, 0.1) is 11.4 Å². The molecule has 0 aliphatic carbocycles. The molecular formula is C11H17N5. The van der Waals surface area contributed by atoms with E-state index in [1.807, 2.05) is 20.2 Å². The minimum absolute atomic E-state index is 0.597. The van der Waals surface area contributed by atoms with Crippen LogP contribution < -0.4 is 5.73 Å². The van der Waals surface area contributed by atoms with E-state index in [0.717, 1.165) is 35.4 Å². The van der Waals surface area contributed by atoms with E-state index >= 15 is 0 Å². The number of aryl methyl sites for hydroxylation is 2. The van der Waals surface area contributed by atoms with E-state index in [1.54, 1.807) is 4.68 Å². The molecule has 2 rings (SSSR count). The summed E-state index contributed by atoms with van der Waals surface area (Å²) in [4.78, 5) is 0. The Morgan fingerprint density at radius 2 is 2.25 bits per heavy atom. The van der Waals surface area contributed by atoms with Crippen molar-refractivity contribution in [1.29, 1.82) is 0 Å². The Morgan fingerprint density at radius 3 is 2.81 bits per heavy atom. The Labute approximate surface area is 94.7 Å². The summed E-state index contributed by atoms with van der Waals surface area (Å²) < 4.78 is 1.80. The lowest BCUT2D eigenvalue weighted by Crippen LogP contribution is -1.92. The van der Waals surface area contributed by atoms with Crippen LogP contribution in [-0.4, -0.2) is 20.0 Å². The van der Waals surface area contributed by atoms with Gasteiger partial charge in [0, 0.05) is 24.4 Å². The number of aromatic amines is 1. The summed E-state index contributed by atoms with van der Waals surface area (Å²) >= 11 is 0. The van der Waals surface area contributed by atoms with Crippen LogP contribution in [0.5, 0.6) is 0 Å². The van der Waals surface area contributed by atoms with Crippen molar-refractivity contribution < 1.29 is 0 Å². The first-order valence-electron chi connectivity index (χ1n) is 5.46. The number of nitrogens with one attached hydrogen (secondary N) is 1. The molecule has 2 aromatic rings. The fourth-order valence-electron chi connectivity index (χ4n) is 1.95. The maximum atomic E-state index is 5.85. The Morgan fingerprint density at radius 1 is 1.50 bits per heavy atom. The third-order valence-electron chi connectivity index (χ3n) is 2.68. The van der Waals surface area contributed by atoms with E-state index in [4.69, 9.17) is 5.73 Å². The van der Waals surface area contributed by atoms with E-state index in [9.17, 15) is 0 Å². The fraction of sp³-hybridized carbons (Fsp3) is 0.455. The number of nitrogens with zero attached hydrogens (tertiary/aromatic N) is 3. The first-order valence-corrected chi connectivity index (χ1v) is 5.46. The van der Waals surface area contributed by atoms with Crippen LogP contribution in [0.4, 0.5) is 5.82 Å². The van der Waals surface area contributed by atoms with E-state index in [1.165, 1.54) is 0 Å². The van der Waals surface area contributed by atoms with Crippen LogP contribution in [0, 0.1) is 6.92 Å². The monoisotopic (exact) mass is 219 g/mol. The highest BCUT2D eigenvalue weighted by Crippen LogP contribution is 2.28. The quantitative estimate of drug-likeness (QED) is 0.824. The molecule has 3 N–H and O–H groups in total. The number of hydrogen-bond acceptors (Lipinski definition) is 3. The second kappa shape index (κ2) is 4.00. The van der Waals surface area contributed by atoms with Gasteiger partial charge in [0.1, 0.15) is 5.82 Å². The van der Waals surface area contributed by atoms with Gasteiger partial charge in [0.2, 0.25) is 0 Å². The van der Waals surface area contributed by atoms with Crippen LogP contribution in [0.3, 0.4) is 0 Å². The second-order valence-electron chi connectivity index (χ2n) is 4.01. The largest absolute Gasteiger partial charge is 0.382 e. The van der Waals surface area contributed by atoms with Crippen LogP contribution >= 0.6 is 0 Å². The van der Waals surface area contributed by atoms with Gasteiger partial charge in [-0.05, 0) is 13.3 Å². The summed E-state index contributed by atoms with van der Waals surface area (Å²) in [6.07, 6.45) is 3.98. The number of H-pyrrole nitrogens is 1. The second-order valence-corrected chi connectivity index (χ2v) is 4.01. The molecule has 0 aliphatic rings. The lowest BCUT2D eigenvalue weighted by molar-refractivity contribution is 0.756. The summed E-state index contributed by atoms with van der Waals surface area (Å²) in [5.74, 6) is 0.597. The maximum Gasteiger partial charge on any atom is 0.149 e. The van der Waals surface area contributed by atoms with Gasteiger partial charge in [0.25, 0.3) is 0 Å². The first kappa shape index (κ1) is 10.7. The van der Waals surface area contributed by atoms with Crippen LogP contribution in [0.25, 0.3) is 11.3 Å². The minimum Gasteiger partial charge on any atom is -0.382 e. The van der Waals surface area contributed by atoms with Crippen molar-refractivity contribution in [2.75, 3.05) is 5.73 Å². The van der Waals surface area contributed by atoms with Gasteiger partial charge >= 0.3 is 0 Å². The van der Waals surface area contributed by atoms with Crippen molar-refractivity contribution in [1.82, 2.24) is 20.0 Å². The highest BCUT2D eigenvalue weighted by molar-refractivity contribution is 5.69. The number of aromatic nitrogens is 4. The standard InChI is InChI=1S/C11H17N5/c1-4-5-8-10(13-14-11(8)12)9-6-16(3)15-7(9)2/h6H,4-5H2,1-3H3,(H3,12,13,14). The molecule has 2 aromatic heterocycles. The van der Waals surface area contributed by atoms with Crippen LogP contribution in [0.1, 0.15) is 24.6 Å². The lowest BCUT2D eigenvalue weighted by atomic mass is 10.1. The van der Waals surface area contributed by atoms with Gasteiger partial charge in [0.15, 0.2) is 0 Å². The summed E-state index contributed by atoms with van der Waals surface area (Å²) in [6.45, 7) is 4.12. The van der Waals surface area contributed by atoms with Crippen molar-refractivity contribution in [2.45, 2.75) is 26.7 Å². The molecule has 0 radical (unpaired) electrons. The van der Waals surface area contributed by atoms with Crippen molar-refractivity contribution in [3.8, 4) is 11.3 Å². The van der Waals surface area contributed by atoms with Gasteiger partial charge in [-0.3, -0.25) is 9.78 Å². The highest BCUT2D eigenvalue weighted by atomic mass is 15.3. The molecule has 0 bridgehead atoms. The summed E-state index contributed by atoms with van der Waals surface area (Å²) in [5.41, 5.74) is 10.0. The predicted molar refractivity (Wildman–Crippen MR) is 63.9 cm³/mol. The zero-order valence-corrected chi connectivity index (χ0v) is 9.91. The van der Waals surface area contributed by atoms with Crippen LogP contribution in [0.2, 0.25) is 0 Å².